The average Bonchev–Trinajstić information content (AvgIpc) is 3.01. The molecule has 2 heterocycles. The van der Waals surface area contributed by atoms with Crippen LogP contribution in [-0.4, -0.2) is 42.3 Å². The highest BCUT2D eigenvalue weighted by Gasteiger charge is 2.25. The predicted molar refractivity (Wildman–Crippen MR) is 87.5 cm³/mol. The highest BCUT2D eigenvalue weighted by Crippen LogP contribution is 2.20. The molecule has 0 aromatic carbocycles. The lowest BCUT2D eigenvalue weighted by Gasteiger charge is -2.21. The molecule has 0 aliphatic heterocycles. The highest BCUT2D eigenvalue weighted by molar-refractivity contribution is 5.79. The number of aromatic nitrogens is 4. The molecule has 2 rings (SSSR count). The third-order valence-electron chi connectivity index (χ3n) is 4.27. The molecule has 0 saturated heterocycles. The first-order valence-corrected chi connectivity index (χ1v) is 7.57. The summed E-state index contributed by atoms with van der Waals surface area (Å²) < 4.78 is 3.13. The van der Waals surface area contributed by atoms with Crippen LogP contribution in [0.15, 0.2) is 6.20 Å². The summed E-state index contributed by atoms with van der Waals surface area (Å²) in [7, 11) is 3.57. The van der Waals surface area contributed by atoms with E-state index >= 15 is 0 Å². The second kappa shape index (κ2) is 6.42. The van der Waals surface area contributed by atoms with Gasteiger partial charge in [-0.2, -0.15) is 10.2 Å². The van der Waals surface area contributed by atoms with Crippen LogP contribution < -0.4 is 0 Å². The molecule has 1 amide bonds. The Balaban J connectivity index is 2.18. The summed E-state index contributed by atoms with van der Waals surface area (Å²) in [5.74, 6) is -0.171. The second-order valence-electron chi connectivity index (χ2n) is 5.98. The SMILES string of the molecule is Cc1nn(C(C)C(=O)N(C)Cc2c(C)nn(C)c2C)cc1[N+](=O)[O-]. The topological polar surface area (TPSA) is 99.1 Å². The third kappa shape index (κ3) is 3.15. The minimum Gasteiger partial charge on any atom is -0.339 e. The van der Waals surface area contributed by atoms with Gasteiger partial charge in [0, 0.05) is 31.9 Å². The van der Waals surface area contributed by atoms with Crippen LogP contribution in [-0.2, 0) is 18.4 Å². The number of carbonyl (C=O) groups is 1. The van der Waals surface area contributed by atoms with Crippen LogP contribution in [0.5, 0.6) is 0 Å². The van der Waals surface area contributed by atoms with Gasteiger partial charge in [0.2, 0.25) is 5.91 Å². The molecule has 0 radical (unpaired) electrons. The molecular formula is C15H22N6O3. The van der Waals surface area contributed by atoms with Gasteiger partial charge in [-0.1, -0.05) is 0 Å². The first kappa shape index (κ1) is 17.6. The molecule has 0 bridgehead atoms. The van der Waals surface area contributed by atoms with Crippen LogP contribution in [0.3, 0.4) is 0 Å². The standard InChI is InChI=1S/C15H22N6O3/c1-9-13(11(3)19(6)16-9)7-18(5)15(22)12(4)20-8-14(21(23)24)10(2)17-20/h8,12H,7H2,1-6H3. The zero-order valence-corrected chi connectivity index (χ0v) is 14.8. The van der Waals surface area contributed by atoms with E-state index in [0.29, 0.717) is 12.2 Å². The van der Waals surface area contributed by atoms with E-state index in [2.05, 4.69) is 10.2 Å². The summed E-state index contributed by atoms with van der Waals surface area (Å²) in [6, 6.07) is -0.625. The van der Waals surface area contributed by atoms with E-state index < -0.39 is 11.0 Å². The Labute approximate surface area is 140 Å². The van der Waals surface area contributed by atoms with Crippen LogP contribution in [0.4, 0.5) is 5.69 Å². The molecule has 9 heteroatoms. The van der Waals surface area contributed by atoms with Gasteiger partial charge in [0.25, 0.3) is 0 Å². The maximum Gasteiger partial charge on any atom is 0.309 e. The number of hydrogen-bond acceptors (Lipinski definition) is 5. The summed E-state index contributed by atoms with van der Waals surface area (Å²) in [4.78, 5) is 24.7. The van der Waals surface area contributed by atoms with Gasteiger partial charge in [-0.25, -0.2) is 0 Å². The summed E-state index contributed by atoms with van der Waals surface area (Å²) >= 11 is 0. The van der Waals surface area contributed by atoms with Gasteiger partial charge in [0.05, 0.1) is 10.6 Å². The monoisotopic (exact) mass is 334 g/mol. The Morgan fingerprint density at radius 2 is 1.96 bits per heavy atom. The minimum atomic E-state index is -0.625. The predicted octanol–water partition coefficient (Wildman–Crippen LogP) is 1.67. The van der Waals surface area contributed by atoms with E-state index in [1.807, 2.05) is 20.9 Å². The number of nitrogens with zero attached hydrogens (tertiary/aromatic N) is 6. The van der Waals surface area contributed by atoms with E-state index in [0.717, 1.165) is 17.0 Å². The van der Waals surface area contributed by atoms with Gasteiger partial charge in [-0.05, 0) is 27.7 Å². The molecule has 2 aromatic heterocycles. The van der Waals surface area contributed by atoms with Crippen molar-refractivity contribution >= 4 is 11.6 Å². The van der Waals surface area contributed by atoms with Gasteiger partial charge in [-0.3, -0.25) is 24.3 Å². The van der Waals surface area contributed by atoms with Crippen LogP contribution >= 0.6 is 0 Å². The van der Waals surface area contributed by atoms with Crippen molar-refractivity contribution in [3.05, 3.63) is 39.0 Å². The van der Waals surface area contributed by atoms with Gasteiger partial charge in [0.15, 0.2) is 0 Å². The quantitative estimate of drug-likeness (QED) is 0.612. The van der Waals surface area contributed by atoms with Crippen LogP contribution in [0.1, 0.15) is 35.6 Å². The van der Waals surface area contributed by atoms with Crippen molar-refractivity contribution in [2.24, 2.45) is 7.05 Å². The number of hydrogen-bond donors (Lipinski definition) is 0. The number of nitro groups is 1. The summed E-state index contributed by atoms with van der Waals surface area (Å²) in [6.07, 6.45) is 1.30. The fraction of sp³-hybridized carbons (Fsp3) is 0.533. The lowest BCUT2D eigenvalue weighted by molar-refractivity contribution is -0.385. The van der Waals surface area contributed by atoms with Gasteiger partial charge >= 0.3 is 5.69 Å². The molecule has 9 nitrogen and oxygen atoms in total. The smallest absolute Gasteiger partial charge is 0.309 e. The normalized spacial score (nSPS) is 12.2. The minimum absolute atomic E-state index is 0.0868. The van der Waals surface area contributed by atoms with Crippen molar-refractivity contribution in [2.45, 2.75) is 40.3 Å². The van der Waals surface area contributed by atoms with Crippen LogP contribution in [0.2, 0.25) is 0 Å². The van der Waals surface area contributed by atoms with Crippen molar-refractivity contribution in [2.75, 3.05) is 7.05 Å². The van der Waals surface area contributed by atoms with E-state index in [4.69, 9.17) is 0 Å². The molecular weight excluding hydrogens is 312 g/mol. The Morgan fingerprint density at radius 1 is 1.33 bits per heavy atom. The van der Waals surface area contributed by atoms with E-state index in [-0.39, 0.29) is 11.6 Å². The lowest BCUT2D eigenvalue weighted by Crippen LogP contribution is -2.33. The molecule has 0 N–H and O–H groups in total. The maximum atomic E-state index is 12.6. The van der Waals surface area contributed by atoms with Crippen molar-refractivity contribution < 1.29 is 9.72 Å². The fourth-order valence-electron chi connectivity index (χ4n) is 2.64. The Kier molecular flexibility index (Phi) is 4.72. The van der Waals surface area contributed by atoms with Crippen LogP contribution in [0.25, 0.3) is 0 Å². The summed E-state index contributed by atoms with van der Waals surface area (Å²) in [6.45, 7) is 7.52. The summed E-state index contributed by atoms with van der Waals surface area (Å²) in [5.41, 5.74) is 3.10. The van der Waals surface area contributed by atoms with Crippen molar-refractivity contribution in [1.82, 2.24) is 24.5 Å². The van der Waals surface area contributed by atoms with E-state index in [9.17, 15) is 14.9 Å². The van der Waals surface area contributed by atoms with Gasteiger partial charge in [-0.15, -0.1) is 0 Å². The molecule has 130 valence electrons. The average molecular weight is 334 g/mol. The number of carbonyl (C=O) groups excluding carboxylic acids is 1. The van der Waals surface area contributed by atoms with Crippen LogP contribution in [0, 0.1) is 30.9 Å². The molecule has 24 heavy (non-hydrogen) atoms. The van der Waals surface area contributed by atoms with Crippen molar-refractivity contribution in [1.29, 1.82) is 0 Å². The zero-order chi connectivity index (χ0) is 18.2. The molecule has 0 saturated carbocycles. The van der Waals surface area contributed by atoms with E-state index in [1.54, 1.807) is 30.5 Å². The molecule has 0 fully saturated rings. The first-order chi connectivity index (χ1) is 11.1. The zero-order valence-electron chi connectivity index (χ0n) is 14.8. The molecule has 1 unspecified atom stereocenters. The fourth-order valence-corrected chi connectivity index (χ4v) is 2.64. The van der Waals surface area contributed by atoms with Crippen molar-refractivity contribution in [3.63, 3.8) is 0 Å². The third-order valence-corrected chi connectivity index (χ3v) is 4.27. The Bertz CT molecular complexity index is 791. The second-order valence-corrected chi connectivity index (χ2v) is 5.98. The number of rotatable bonds is 5. The maximum absolute atomic E-state index is 12.6. The molecule has 0 aliphatic carbocycles. The molecule has 0 spiro atoms. The highest BCUT2D eigenvalue weighted by atomic mass is 16.6. The molecule has 0 aliphatic rings. The number of aryl methyl sites for hydroxylation is 3. The number of amides is 1. The molecule has 1 atom stereocenters. The lowest BCUT2D eigenvalue weighted by atomic mass is 10.1. The summed E-state index contributed by atoms with van der Waals surface area (Å²) in [5, 5.41) is 19.4. The first-order valence-electron chi connectivity index (χ1n) is 7.57. The van der Waals surface area contributed by atoms with Crippen molar-refractivity contribution in [3.8, 4) is 0 Å². The van der Waals surface area contributed by atoms with Gasteiger partial charge in [0.1, 0.15) is 17.9 Å². The Morgan fingerprint density at radius 3 is 2.42 bits per heavy atom. The Hall–Kier alpha value is -2.71. The largest absolute Gasteiger partial charge is 0.339 e. The molecule has 2 aromatic rings. The number of likely N-dealkylation sites (N-methyl/N-ethyl adjacent to an activating group) is 1. The van der Waals surface area contributed by atoms with E-state index in [1.165, 1.54) is 10.9 Å². The van der Waals surface area contributed by atoms with Gasteiger partial charge < -0.3 is 4.90 Å².